The van der Waals surface area contributed by atoms with Crippen molar-refractivity contribution in [2.75, 3.05) is 25.6 Å². The summed E-state index contributed by atoms with van der Waals surface area (Å²) >= 11 is 0. The molecule has 2 aromatic rings. The highest BCUT2D eigenvalue weighted by atomic mass is 31.2. The Balaban J connectivity index is 1.82. The molecular weight excluding hydrogens is 397 g/mol. The summed E-state index contributed by atoms with van der Waals surface area (Å²) in [5, 5.41) is 0. The Morgan fingerprint density at radius 1 is 1.31 bits per heavy atom. The Morgan fingerprint density at radius 2 is 2.10 bits per heavy atom. The Hall–Kier alpha value is -1.84. The van der Waals surface area contributed by atoms with Crippen LogP contribution in [-0.4, -0.2) is 51.7 Å². The first-order valence-corrected chi connectivity index (χ1v) is 11.4. The first-order valence-electron chi connectivity index (χ1n) is 9.81. The molecule has 160 valence electrons. The minimum absolute atomic E-state index is 0.279. The van der Waals surface area contributed by atoms with Crippen molar-refractivity contribution < 1.29 is 23.1 Å². The molecule has 3 rings (SSSR count). The molecule has 0 unspecified atom stereocenters. The summed E-state index contributed by atoms with van der Waals surface area (Å²) in [5.41, 5.74) is 7.00. The van der Waals surface area contributed by atoms with Crippen LogP contribution in [0.1, 0.15) is 33.1 Å². The molecule has 0 saturated carbocycles. The van der Waals surface area contributed by atoms with E-state index in [-0.39, 0.29) is 19.5 Å². The monoisotopic (exact) mass is 425 g/mol. The van der Waals surface area contributed by atoms with E-state index in [9.17, 15) is 4.57 Å². The summed E-state index contributed by atoms with van der Waals surface area (Å²) in [6.07, 6.45) is 6.80. The lowest BCUT2D eigenvalue weighted by atomic mass is 10.2. The van der Waals surface area contributed by atoms with Gasteiger partial charge < -0.3 is 28.8 Å². The largest absolute Gasteiger partial charge is 0.382 e. The number of ether oxygens (including phenoxy) is 2. The molecular formula is C18H28N5O5P. The van der Waals surface area contributed by atoms with Crippen LogP contribution in [0.25, 0.3) is 11.2 Å². The van der Waals surface area contributed by atoms with Gasteiger partial charge in [-0.05, 0) is 39.2 Å². The molecule has 1 aliphatic rings. The fraction of sp³-hybridized carbons (Fsp3) is 0.611. The molecule has 1 saturated heterocycles. The van der Waals surface area contributed by atoms with E-state index in [0.717, 1.165) is 19.3 Å². The maximum Gasteiger partial charge on any atom is 0.353 e. The molecule has 0 radical (unpaired) electrons. The molecule has 2 N–H and O–H groups in total. The molecule has 1 fully saturated rings. The minimum atomic E-state index is -3.34. The molecule has 0 aromatic carbocycles. The molecule has 0 aliphatic carbocycles. The van der Waals surface area contributed by atoms with Gasteiger partial charge in [-0.25, -0.2) is 15.0 Å². The van der Waals surface area contributed by atoms with Gasteiger partial charge in [0, 0.05) is 12.4 Å². The Kier molecular flexibility index (Phi) is 7.74. The first kappa shape index (κ1) is 21.9. The van der Waals surface area contributed by atoms with E-state index in [4.69, 9.17) is 24.3 Å². The summed E-state index contributed by atoms with van der Waals surface area (Å²) in [7, 11) is -3.34. The van der Waals surface area contributed by atoms with Crippen LogP contribution in [-0.2, 0) is 29.6 Å². The third-order valence-electron chi connectivity index (χ3n) is 4.37. The predicted molar refractivity (Wildman–Crippen MR) is 108 cm³/mol. The number of imidazole rings is 1. The second kappa shape index (κ2) is 10.3. The van der Waals surface area contributed by atoms with Crippen molar-refractivity contribution in [2.45, 2.75) is 52.0 Å². The van der Waals surface area contributed by atoms with Crippen molar-refractivity contribution in [3.63, 3.8) is 0 Å². The van der Waals surface area contributed by atoms with Gasteiger partial charge in [-0.3, -0.25) is 4.57 Å². The van der Waals surface area contributed by atoms with Crippen molar-refractivity contribution in [1.29, 1.82) is 0 Å². The smallest absolute Gasteiger partial charge is 0.353 e. The third kappa shape index (κ3) is 5.83. The fourth-order valence-corrected chi connectivity index (χ4v) is 4.44. The van der Waals surface area contributed by atoms with Gasteiger partial charge in [0.2, 0.25) is 0 Å². The summed E-state index contributed by atoms with van der Waals surface area (Å²) in [6, 6.07) is 0. The van der Waals surface area contributed by atoms with Gasteiger partial charge in [0.1, 0.15) is 11.8 Å². The van der Waals surface area contributed by atoms with E-state index in [0.29, 0.717) is 30.1 Å². The van der Waals surface area contributed by atoms with Crippen LogP contribution in [0.3, 0.4) is 0 Å². The van der Waals surface area contributed by atoms with Gasteiger partial charge in [-0.1, -0.05) is 0 Å². The van der Waals surface area contributed by atoms with Gasteiger partial charge in [-0.2, -0.15) is 0 Å². The van der Waals surface area contributed by atoms with E-state index in [1.165, 1.54) is 12.1 Å². The highest BCUT2D eigenvalue weighted by molar-refractivity contribution is 7.57. The lowest BCUT2D eigenvalue weighted by molar-refractivity contribution is -0.180. The van der Waals surface area contributed by atoms with Crippen LogP contribution in [0.4, 0.5) is 5.82 Å². The van der Waals surface area contributed by atoms with E-state index in [2.05, 4.69) is 15.0 Å². The molecule has 10 nitrogen and oxygen atoms in total. The SMILES string of the molecule is CCOP(=O)(/C=C/[C@@H](Cn1cnc2c(N)ncnc21)O[C@@H]1CCCCO1)OCC. The maximum absolute atomic E-state index is 12.8. The topological polar surface area (TPSA) is 124 Å². The van der Waals surface area contributed by atoms with Gasteiger partial charge >= 0.3 is 7.60 Å². The molecule has 11 heteroatoms. The zero-order chi connectivity index (χ0) is 20.7. The molecule has 0 amide bonds. The number of nitrogens with zero attached hydrogens (tertiary/aromatic N) is 4. The van der Waals surface area contributed by atoms with Gasteiger partial charge in [-0.15, -0.1) is 0 Å². The Bertz CT molecular complexity index is 857. The lowest BCUT2D eigenvalue weighted by Crippen LogP contribution is -2.29. The average molecular weight is 425 g/mol. The Morgan fingerprint density at radius 3 is 2.79 bits per heavy atom. The molecule has 2 aromatic heterocycles. The van der Waals surface area contributed by atoms with E-state index in [1.807, 2.05) is 4.57 Å². The van der Waals surface area contributed by atoms with Crippen LogP contribution in [0.5, 0.6) is 0 Å². The average Bonchev–Trinajstić information content (AvgIpc) is 3.12. The molecule has 0 bridgehead atoms. The number of hydrogen-bond donors (Lipinski definition) is 1. The molecule has 2 atom stereocenters. The molecule has 1 aliphatic heterocycles. The van der Waals surface area contributed by atoms with Crippen molar-refractivity contribution in [3.05, 3.63) is 24.5 Å². The van der Waals surface area contributed by atoms with E-state index >= 15 is 0 Å². The fourth-order valence-electron chi connectivity index (χ4n) is 3.07. The zero-order valence-corrected chi connectivity index (χ0v) is 17.7. The number of anilines is 1. The Labute approximate surface area is 169 Å². The molecule has 0 spiro atoms. The number of aromatic nitrogens is 4. The zero-order valence-electron chi connectivity index (χ0n) is 16.8. The van der Waals surface area contributed by atoms with Gasteiger partial charge in [0.25, 0.3) is 0 Å². The van der Waals surface area contributed by atoms with Crippen molar-refractivity contribution >= 4 is 24.6 Å². The second-order valence-corrected chi connectivity index (χ2v) is 8.41. The number of rotatable bonds is 10. The van der Waals surface area contributed by atoms with Crippen LogP contribution < -0.4 is 5.73 Å². The number of hydrogen-bond acceptors (Lipinski definition) is 9. The van der Waals surface area contributed by atoms with Gasteiger partial charge in [0.05, 0.1) is 32.2 Å². The summed E-state index contributed by atoms with van der Waals surface area (Å²) in [6.45, 7) is 5.13. The second-order valence-electron chi connectivity index (χ2n) is 6.52. The highest BCUT2D eigenvalue weighted by Crippen LogP contribution is 2.49. The van der Waals surface area contributed by atoms with Crippen molar-refractivity contribution in [3.8, 4) is 0 Å². The lowest BCUT2D eigenvalue weighted by Gasteiger charge is -2.27. The van der Waals surface area contributed by atoms with Crippen LogP contribution in [0.2, 0.25) is 0 Å². The van der Waals surface area contributed by atoms with Crippen LogP contribution in [0, 0.1) is 0 Å². The quantitative estimate of drug-likeness (QED) is 0.572. The minimum Gasteiger partial charge on any atom is -0.382 e. The number of nitrogens with two attached hydrogens (primary N) is 1. The third-order valence-corrected chi connectivity index (χ3v) is 6.15. The predicted octanol–water partition coefficient (Wildman–Crippen LogP) is 3.10. The van der Waals surface area contributed by atoms with Crippen molar-refractivity contribution in [1.82, 2.24) is 19.5 Å². The van der Waals surface area contributed by atoms with Crippen LogP contribution in [0.15, 0.2) is 24.5 Å². The van der Waals surface area contributed by atoms with Gasteiger partial charge in [0.15, 0.2) is 17.8 Å². The number of nitrogen functional groups attached to an aromatic ring is 1. The summed E-state index contributed by atoms with van der Waals surface area (Å²) < 4.78 is 37.1. The normalized spacial score (nSPS) is 19.2. The molecule has 3 heterocycles. The van der Waals surface area contributed by atoms with Crippen LogP contribution >= 0.6 is 7.60 Å². The van der Waals surface area contributed by atoms with E-state index < -0.39 is 13.7 Å². The highest BCUT2D eigenvalue weighted by Gasteiger charge is 2.23. The maximum atomic E-state index is 12.8. The summed E-state index contributed by atoms with van der Waals surface area (Å²) in [4.78, 5) is 12.5. The van der Waals surface area contributed by atoms with E-state index in [1.54, 1.807) is 26.3 Å². The van der Waals surface area contributed by atoms with Crippen molar-refractivity contribution in [2.24, 2.45) is 0 Å². The number of fused-ring (bicyclic) bond motifs is 1. The molecule has 29 heavy (non-hydrogen) atoms. The standard InChI is InChI=1S/C18H28N5O5P/c1-3-26-29(24,27-4-2)10-8-14(28-15-7-5-6-9-25-15)11-23-13-22-16-17(19)20-12-21-18(16)23/h8,10,12-15H,3-7,9,11H2,1-2H3,(H2,19,20,21)/b10-8+/t14-,15+/m0/s1. The first-order chi connectivity index (χ1) is 14.0. The summed E-state index contributed by atoms with van der Waals surface area (Å²) in [5.74, 6) is 1.77.